The molecule has 3 rings (SSSR count). The minimum Gasteiger partial charge on any atom is -0.355 e. The van der Waals surface area contributed by atoms with Crippen molar-refractivity contribution in [2.24, 2.45) is 17.3 Å². The van der Waals surface area contributed by atoms with Crippen LogP contribution in [0, 0.1) is 17.3 Å². The van der Waals surface area contributed by atoms with Gasteiger partial charge in [-0.25, -0.2) is 13.1 Å². The molecule has 0 spiro atoms. The SMILES string of the molecule is CS(=O)(=O)NC1CCCC1CNC(=O)[C@@]12CCCC[C@H]1CNC2. The van der Waals surface area contributed by atoms with Crippen molar-refractivity contribution < 1.29 is 13.2 Å². The largest absolute Gasteiger partial charge is 0.355 e. The second-order valence-electron chi connectivity index (χ2n) is 7.63. The Morgan fingerprint density at radius 3 is 2.83 bits per heavy atom. The lowest BCUT2D eigenvalue weighted by atomic mass is 9.67. The van der Waals surface area contributed by atoms with Crippen molar-refractivity contribution in [1.29, 1.82) is 0 Å². The van der Waals surface area contributed by atoms with Crippen molar-refractivity contribution in [1.82, 2.24) is 15.4 Å². The van der Waals surface area contributed by atoms with E-state index in [1.807, 2.05) is 0 Å². The van der Waals surface area contributed by atoms with E-state index in [1.54, 1.807) is 0 Å². The van der Waals surface area contributed by atoms with Crippen molar-refractivity contribution in [3.63, 3.8) is 0 Å². The number of hydrogen-bond acceptors (Lipinski definition) is 4. The van der Waals surface area contributed by atoms with E-state index in [1.165, 1.54) is 12.7 Å². The number of carbonyl (C=O) groups is 1. The molecule has 0 aromatic heterocycles. The Labute approximate surface area is 139 Å². The molecule has 3 aliphatic rings. The first-order valence-corrected chi connectivity index (χ1v) is 10.8. The molecule has 1 amide bonds. The summed E-state index contributed by atoms with van der Waals surface area (Å²) >= 11 is 0. The average Bonchev–Trinajstić information content (AvgIpc) is 3.10. The van der Waals surface area contributed by atoms with Gasteiger partial charge in [-0.3, -0.25) is 4.79 Å². The topological polar surface area (TPSA) is 87.3 Å². The van der Waals surface area contributed by atoms with Gasteiger partial charge < -0.3 is 10.6 Å². The van der Waals surface area contributed by atoms with Gasteiger partial charge in [-0.1, -0.05) is 19.3 Å². The van der Waals surface area contributed by atoms with Crippen LogP contribution in [-0.4, -0.2) is 46.3 Å². The van der Waals surface area contributed by atoms with Gasteiger partial charge in [-0.2, -0.15) is 0 Å². The number of nitrogens with one attached hydrogen (secondary N) is 3. The fraction of sp³-hybridized carbons (Fsp3) is 0.938. The van der Waals surface area contributed by atoms with Gasteiger partial charge in [0.1, 0.15) is 0 Å². The zero-order chi connectivity index (χ0) is 16.5. The zero-order valence-corrected chi connectivity index (χ0v) is 14.8. The summed E-state index contributed by atoms with van der Waals surface area (Å²) in [7, 11) is -3.19. The van der Waals surface area contributed by atoms with Gasteiger partial charge in [-0.15, -0.1) is 0 Å². The van der Waals surface area contributed by atoms with E-state index in [0.717, 1.165) is 51.6 Å². The van der Waals surface area contributed by atoms with E-state index in [9.17, 15) is 13.2 Å². The lowest BCUT2D eigenvalue weighted by Crippen LogP contribution is -2.50. The molecule has 2 unspecified atom stereocenters. The lowest BCUT2D eigenvalue weighted by Gasteiger charge is -2.37. The van der Waals surface area contributed by atoms with Crippen LogP contribution in [-0.2, 0) is 14.8 Å². The molecular weight excluding hydrogens is 314 g/mol. The molecule has 3 fully saturated rings. The van der Waals surface area contributed by atoms with Crippen LogP contribution in [0.3, 0.4) is 0 Å². The summed E-state index contributed by atoms with van der Waals surface area (Å²) in [6.07, 6.45) is 8.54. The van der Waals surface area contributed by atoms with Crippen LogP contribution in [0.1, 0.15) is 44.9 Å². The predicted octanol–water partition coefficient (Wildman–Crippen LogP) is 0.600. The monoisotopic (exact) mass is 343 g/mol. The maximum absolute atomic E-state index is 12.9. The predicted molar refractivity (Wildman–Crippen MR) is 89.4 cm³/mol. The van der Waals surface area contributed by atoms with Gasteiger partial charge in [0.2, 0.25) is 15.9 Å². The molecule has 1 aliphatic heterocycles. The Balaban J connectivity index is 1.58. The third-order valence-electron chi connectivity index (χ3n) is 6.04. The number of amides is 1. The fourth-order valence-electron chi connectivity index (χ4n) is 4.80. The highest BCUT2D eigenvalue weighted by Gasteiger charge is 2.49. The molecule has 3 N–H and O–H groups in total. The highest BCUT2D eigenvalue weighted by molar-refractivity contribution is 7.88. The minimum absolute atomic E-state index is 0.0355. The van der Waals surface area contributed by atoms with E-state index in [-0.39, 0.29) is 23.3 Å². The summed E-state index contributed by atoms with van der Waals surface area (Å²) in [5.41, 5.74) is -0.226. The second-order valence-corrected chi connectivity index (χ2v) is 9.41. The summed E-state index contributed by atoms with van der Waals surface area (Å²) in [5.74, 6) is 0.850. The smallest absolute Gasteiger partial charge is 0.227 e. The normalized spacial score (nSPS) is 37.5. The minimum atomic E-state index is -3.19. The Hall–Kier alpha value is -0.660. The highest BCUT2D eigenvalue weighted by atomic mass is 32.2. The molecule has 0 aromatic rings. The van der Waals surface area contributed by atoms with Gasteiger partial charge in [0.05, 0.1) is 11.7 Å². The van der Waals surface area contributed by atoms with Crippen molar-refractivity contribution >= 4 is 15.9 Å². The molecule has 0 aromatic carbocycles. The van der Waals surface area contributed by atoms with E-state index in [4.69, 9.17) is 0 Å². The molecule has 23 heavy (non-hydrogen) atoms. The average molecular weight is 343 g/mol. The number of rotatable bonds is 5. The highest BCUT2D eigenvalue weighted by Crippen LogP contribution is 2.44. The fourth-order valence-corrected chi connectivity index (χ4v) is 5.66. The molecule has 6 nitrogen and oxygen atoms in total. The number of carbonyl (C=O) groups excluding carboxylic acids is 1. The van der Waals surface area contributed by atoms with E-state index >= 15 is 0 Å². The summed E-state index contributed by atoms with van der Waals surface area (Å²) in [6, 6.07) is -0.0355. The Kier molecular flexibility index (Phi) is 4.99. The van der Waals surface area contributed by atoms with Crippen LogP contribution in [0.25, 0.3) is 0 Å². The summed E-state index contributed by atoms with van der Waals surface area (Å²) in [5, 5.41) is 6.56. The Morgan fingerprint density at radius 1 is 1.22 bits per heavy atom. The van der Waals surface area contributed by atoms with Crippen LogP contribution in [0.15, 0.2) is 0 Å². The Morgan fingerprint density at radius 2 is 2.04 bits per heavy atom. The molecule has 2 saturated carbocycles. The zero-order valence-electron chi connectivity index (χ0n) is 13.9. The molecule has 7 heteroatoms. The second kappa shape index (κ2) is 6.69. The van der Waals surface area contributed by atoms with Crippen LogP contribution >= 0.6 is 0 Å². The van der Waals surface area contributed by atoms with Gasteiger partial charge in [-0.05, 0) is 44.1 Å². The van der Waals surface area contributed by atoms with Gasteiger partial charge in [0, 0.05) is 19.1 Å². The molecule has 1 heterocycles. The third kappa shape index (κ3) is 3.72. The molecule has 1 saturated heterocycles. The number of sulfonamides is 1. The summed E-state index contributed by atoms with van der Waals surface area (Å²) in [6.45, 7) is 2.33. The summed E-state index contributed by atoms with van der Waals surface area (Å²) in [4.78, 5) is 12.9. The van der Waals surface area contributed by atoms with E-state index in [2.05, 4.69) is 15.4 Å². The van der Waals surface area contributed by atoms with Crippen LogP contribution in [0.2, 0.25) is 0 Å². The molecule has 4 atom stereocenters. The van der Waals surface area contributed by atoms with Crippen molar-refractivity contribution in [2.45, 2.75) is 51.0 Å². The standard InChI is InChI=1S/C16H29N3O3S/c1-23(21,22)19-14-7-4-5-12(14)9-18-15(20)16-8-3-2-6-13(16)10-17-11-16/h12-14,17,19H,2-11H2,1H3,(H,18,20)/t12?,13-,14?,16+/m0/s1. The molecule has 132 valence electrons. The molecule has 0 radical (unpaired) electrons. The third-order valence-corrected chi connectivity index (χ3v) is 6.77. The van der Waals surface area contributed by atoms with Gasteiger partial charge in [0.25, 0.3) is 0 Å². The van der Waals surface area contributed by atoms with Crippen LogP contribution in [0.4, 0.5) is 0 Å². The van der Waals surface area contributed by atoms with Crippen molar-refractivity contribution in [3.05, 3.63) is 0 Å². The van der Waals surface area contributed by atoms with Crippen molar-refractivity contribution in [2.75, 3.05) is 25.9 Å². The number of hydrogen-bond donors (Lipinski definition) is 3. The lowest BCUT2D eigenvalue weighted by molar-refractivity contribution is -0.134. The van der Waals surface area contributed by atoms with Crippen molar-refractivity contribution in [3.8, 4) is 0 Å². The van der Waals surface area contributed by atoms with E-state index < -0.39 is 10.0 Å². The van der Waals surface area contributed by atoms with Gasteiger partial charge in [0.15, 0.2) is 0 Å². The Bertz CT molecular complexity index is 551. The maximum Gasteiger partial charge on any atom is 0.227 e. The van der Waals surface area contributed by atoms with Crippen LogP contribution in [0.5, 0.6) is 0 Å². The van der Waals surface area contributed by atoms with E-state index in [0.29, 0.717) is 12.5 Å². The first-order valence-electron chi connectivity index (χ1n) is 8.87. The van der Waals surface area contributed by atoms with Crippen LogP contribution < -0.4 is 15.4 Å². The molecule has 2 aliphatic carbocycles. The first kappa shape index (κ1) is 17.2. The summed E-state index contributed by atoms with van der Waals surface area (Å²) < 4.78 is 25.6. The van der Waals surface area contributed by atoms with Gasteiger partial charge >= 0.3 is 0 Å². The maximum atomic E-state index is 12.9. The molecule has 0 bridgehead atoms. The number of fused-ring (bicyclic) bond motifs is 1. The first-order chi connectivity index (χ1) is 10.9. The quantitative estimate of drug-likeness (QED) is 0.682. The molecular formula is C16H29N3O3S.